The molecule has 3 atom stereocenters. The fourth-order valence-electron chi connectivity index (χ4n) is 3.22. The summed E-state index contributed by atoms with van der Waals surface area (Å²) in [6, 6.07) is 0.246. The second kappa shape index (κ2) is 8.08. The molecule has 112 valence electrons. The Morgan fingerprint density at radius 3 is 2.79 bits per heavy atom. The lowest BCUT2D eigenvalue weighted by molar-refractivity contribution is -0.136. The van der Waals surface area contributed by atoms with Gasteiger partial charge in [0, 0.05) is 32.2 Å². The van der Waals surface area contributed by atoms with Gasteiger partial charge in [-0.2, -0.15) is 0 Å². The van der Waals surface area contributed by atoms with Crippen LogP contribution >= 0.6 is 12.4 Å². The molecule has 2 aliphatic rings. The van der Waals surface area contributed by atoms with E-state index < -0.39 is 0 Å². The number of nitrogens with zero attached hydrogens (tertiary/aromatic N) is 1. The third kappa shape index (κ3) is 4.33. The Labute approximate surface area is 122 Å². The minimum absolute atomic E-state index is 0. The number of nitrogens with two attached hydrogens (primary N) is 1. The van der Waals surface area contributed by atoms with E-state index in [0.29, 0.717) is 25.0 Å². The summed E-state index contributed by atoms with van der Waals surface area (Å²) in [7, 11) is 0. The number of ether oxygens (including phenoxy) is 1. The van der Waals surface area contributed by atoms with Crippen LogP contribution in [0.25, 0.3) is 0 Å². The molecular weight excluding hydrogens is 264 g/mol. The zero-order chi connectivity index (χ0) is 13.0. The number of hydrogen-bond donors (Lipinski definition) is 1. The summed E-state index contributed by atoms with van der Waals surface area (Å²) < 4.78 is 5.57. The molecule has 2 heterocycles. The highest BCUT2D eigenvalue weighted by Gasteiger charge is 2.30. The standard InChI is InChI=1S/C14H26N2O2.ClH/c1-11-4-2-8-16(13(11)10-15)14(17)7-6-12-5-3-9-18-12;/h11-13H,2-10,15H2,1H3;1H. The fourth-order valence-corrected chi connectivity index (χ4v) is 3.22. The van der Waals surface area contributed by atoms with Gasteiger partial charge in [0.2, 0.25) is 5.91 Å². The van der Waals surface area contributed by atoms with Crippen LogP contribution in [0.5, 0.6) is 0 Å². The van der Waals surface area contributed by atoms with Crippen molar-refractivity contribution in [2.24, 2.45) is 11.7 Å². The van der Waals surface area contributed by atoms with Gasteiger partial charge in [-0.15, -0.1) is 12.4 Å². The van der Waals surface area contributed by atoms with E-state index in [-0.39, 0.29) is 24.4 Å². The first kappa shape index (κ1) is 16.7. The summed E-state index contributed by atoms with van der Waals surface area (Å²) >= 11 is 0. The van der Waals surface area contributed by atoms with Crippen LogP contribution in [0.4, 0.5) is 0 Å². The summed E-state index contributed by atoms with van der Waals surface area (Å²) in [6.07, 6.45) is 6.37. The molecule has 2 aliphatic heterocycles. The summed E-state index contributed by atoms with van der Waals surface area (Å²) in [5.41, 5.74) is 5.82. The van der Waals surface area contributed by atoms with Crippen molar-refractivity contribution in [1.82, 2.24) is 4.90 Å². The first-order valence-corrected chi connectivity index (χ1v) is 7.33. The lowest BCUT2D eigenvalue weighted by atomic mass is 9.90. The number of halogens is 1. The summed E-state index contributed by atoms with van der Waals surface area (Å²) in [6.45, 7) is 4.55. The number of carbonyl (C=O) groups excluding carboxylic acids is 1. The molecular formula is C14H27ClN2O2. The van der Waals surface area contributed by atoms with E-state index in [1.807, 2.05) is 4.90 Å². The predicted molar refractivity (Wildman–Crippen MR) is 78.4 cm³/mol. The zero-order valence-corrected chi connectivity index (χ0v) is 12.7. The van der Waals surface area contributed by atoms with Crippen LogP contribution < -0.4 is 5.73 Å². The van der Waals surface area contributed by atoms with Crippen LogP contribution in [0.15, 0.2) is 0 Å². The van der Waals surface area contributed by atoms with Gasteiger partial charge in [-0.1, -0.05) is 6.92 Å². The maximum absolute atomic E-state index is 12.3. The number of amides is 1. The Hall–Kier alpha value is -0.320. The van der Waals surface area contributed by atoms with Crippen LogP contribution in [0.2, 0.25) is 0 Å². The Morgan fingerprint density at radius 1 is 1.37 bits per heavy atom. The molecule has 19 heavy (non-hydrogen) atoms. The van der Waals surface area contributed by atoms with Crippen molar-refractivity contribution in [3.05, 3.63) is 0 Å². The van der Waals surface area contributed by atoms with Gasteiger partial charge in [0.25, 0.3) is 0 Å². The number of carbonyl (C=O) groups is 1. The molecule has 0 bridgehead atoms. The van der Waals surface area contributed by atoms with Gasteiger partial charge in [-0.25, -0.2) is 0 Å². The highest BCUT2D eigenvalue weighted by molar-refractivity contribution is 5.85. The van der Waals surface area contributed by atoms with Crippen molar-refractivity contribution in [2.45, 2.75) is 57.6 Å². The predicted octanol–water partition coefficient (Wildman–Crippen LogP) is 1.95. The molecule has 1 amide bonds. The molecule has 4 nitrogen and oxygen atoms in total. The first-order chi connectivity index (χ1) is 8.72. The van der Waals surface area contributed by atoms with E-state index in [1.165, 1.54) is 6.42 Å². The lowest BCUT2D eigenvalue weighted by Gasteiger charge is -2.39. The van der Waals surface area contributed by atoms with Gasteiger partial charge in [0.15, 0.2) is 0 Å². The summed E-state index contributed by atoms with van der Waals surface area (Å²) in [5, 5.41) is 0. The number of likely N-dealkylation sites (tertiary alicyclic amines) is 1. The van der Waals surface area contributed by atoms with E-state index in [2.05, 4.69) is 6.92 Å². The molecule has 0 saturated carbocycles. The van der Waals surface area contributed by atoms with Gasteiger partial charge in [0.1, 0.15) is 0 Å². The Bertz CT molecular complexity index is 283. The molecule has 0 aromatic carbocycles. The molecule has 0 aromatic heterocycles. The maximum Gasteiger partial charge on any atom is 0.222 e. The van der Waals surface area contributed by atoms with E-state index >= 15 is 0 Å². The summed E-state index contributed by atoms with van der Waals surface area (Å²) in [5.74, 6) is 0.808. The Kier molecular flexibility index (Phi) is 7.11. The average molecular weight is 291 g/mol. The largest absolute Gasteiger partial charge is 0.378 e. The molecule has 3 unspecified atom stereocenters. The quantitative estimate of drug-likeness (QED) is 0.861. The van der Waals surface area contributed by atoms with Crippen molar-refractivity contribution < 1.29 is 9.53 Å². The Balaban J connectivity index is 0.00000180. The monoisotopic (exact) mass is 290 g/mol. The second-order valence-electron chi connectivity index (χ2n) is 5.68. The Morgan fingerprint density at radius 2 is 2.16 bits per heavy atom. The molecule has 0 aliphatic carbocycles. The van der Waals surface area contributed by atoms with Gasteiger partial charge in [0.05, 0.1) is 6.10 Å². The highest BCUT2D eigenvalue weighted by atomic mass is 35.5. The molecule has 0 radical (unpaired) electrons. The van der Waals surface area contributed by atoms with Crippen LogP contribution in [0.3, 0.4) is 0 Å². The van der Waals surface area contributed by atoms with Crippen LogP contribution in [-0.2, 0) is 9.53 Å². The van der Waals surface area contributed by atoms with Gasteiger partial charge in [-0.3, -0.25) is 4.79 Å². The summed E-state index contributed by atoms with van der Waals surface area (Å²) in [4.78, 5) is 14.3. The van der Waals surface area contributed by atoms with Crippen LogP contribution in [0.1, 0.15) is 45.4 Å². The molecule has 2 saturated heterocycles. The van der Waals surface area contributed by atoms with Gasteiger partial charge >= 0.3 is 0 Å². The SMILES string of the molecule is CC1CCCN(C(=O)CCC2CCCO2)C1CN.Cl. The lowest BCUT2D eigenvalue weighted by Crippen LogP contribution is -2.51. The van der Waals surface area contributed by atoms with E-state index in [1.54, 1.807) is 0 Å². The van der Waals surface area contributed by atoms with Crippen molar-refractivity contribution in [1.29, 1.82) is 0 Å². The third-order valence-electron chi connectivity index (χ3n) is 4.38. The van der Waals surface area contributed by atoms with Crippen molar-refractivity contribution in [2.75, 3.05) is 19.7 Å². The molecule has 2 N–H and O–H groups in total. The second-order valence-corrected chi connectivity index (χ2v) is 5.68. The van der Waals surface area contributed by atoms with Crippen LogP contribution in [-0.4, -0.2) is 42.6 Å². The molecule has 2 fully saturated rings. The number of hydrogen-bond acceptors (Lipinski definition) is 3. The van der Waals surface area contributed by atoms with E-state index in [4.69, 9.17) is 10.5 Å². The zero-order valence-electron chi connectivity index (χ0n) is 11.8. The normalized spacial score (nSPS) is 31.1. The topological polar surface area (TPSA) is 55.6 Å². The first-order valence-electron chi connectivity index (χ1n) is 7.33. The molecule has 0 spiro atoms. The molecule has 2 rings (SSSR count). The third-order valence-corrected chi connectivity index (χ3v) is 4.38. The van der Waals surface area contributed by atoms with Gasteiger partial charge < -0.3 is 15.4 Å². The van der Waals surface area contributed by atoms with Crippen molar-refractivity contribution >= 4 is 18.3 Å². The van der Waals surface area contributed by atoms with Crippen molar-refractivity contribution in [3.8, 4) is 0 Å². The van der Waals surface area contributed by atoms with Crippen LogP contribution in [0, 0.1) is 5.92 Å². The molecule has 0 aromatic rings. The van der Waals surface area contributed by atoms with E-state index in [0.717, 1.165) is 38.8 Å². The minimum Gasteiger partial charge on any atom is -0.378 e. The van der Waals surface area contributed by atoms with E-state index in [9.17, 15) is 4.79 Å². The fraction of sp³-hybridized carbons (Fsp3) is 0.929. The van der Waals surface area contributed by atoms with Gasteiger partial charge in [-0.05, 0) is 38.0 Å². The average Bonchev–Trinajstić information content (AvgIpc) is 2.88. The number of piperidine rings is 1. The molecule has 5 heteroatoms. The minimum atomic E-state index is 0. The number of rotatable bonds is 4. The van der Waals surface area contributed by atoms with Crippen molar-refractivity contribution in [3.63, 3.8) is 0 Å². The highest BCUT2D eigenvalue weighted by Crippen LogP contribution is 2.24. The smallest absolute Gasteiger partial charge is 0.222 e. The maximum atomic E-state index is 12.3.